The smallest absolute Gasteiger partial charge is 0.134 e. The summed E-state index contributed by atoms with van der Waals surface area (Å²) in [7, 11) is 0. The van der Waals surface area contributed by atoms with Crippen LogP contribution in [0.3, 0.4) is 0 Å². The predicted octanol–water partition coefficient (Wildman–Crippen LogP) is -4.87. The molecule has 15 heavy (non-hydrogen) atoms. The molecule has 6 nitrogen and oxygen atoms in total. The average molecular weight is 254 g/mol. The quantitative estimate of drug-likeness (QED) is 0.329. The summed E-state index contributed by atoms with van der Waals surface area (Å²) < 4.78 is 0. The fourth-order valence-electron chi connectivity index (χ4n) is 0.576. The van der Waals surface area contributed by atoms with E-state index < -0.39 is 24.0 Å². The van der Waals surface area contributed by atoms with Crippen molar-refractivity contribution in [2.75, 3.05) is 16.6 Å². The van der Waals surface area contributed by atoms with Crippen molar-refractivity contribution >= 4 is 35.5 Å². The fraction of sp³-hybridized carbons (Fsp3) is 0.714. The van der Waals surface area contributed by atoms with E-state index in [4.69, 9.17) is 0 Å². The number of carboxylic acid groups (broad SMARTS) is 2. The number of rotatable bonds is 8. The highest BCUT2D eigenvalue weighted by molar-refractivity contribution is 8.16. The number of carboxylic acids is 2. The van der Waals surface area contributed by atoms with Crippen LogP contribution in [0.1, 0.15) is 0 Å². The summed E-state index contributed by atoms with van der Waals surface area (Å²) >= 11 is 2.76. The second kappa shape index (κ2) is 7.80. The Morgan fingerprint density at radius 1 is 1.00 bits per heavy atom. The monoisotopic (exact) mass is 254 g/mol. The van der Waals surface area contributed by atoms with Gasteiger partial charge in [0.2, 0.25) is 0 Å². The third kappa shape index (κ3) is 7.48. The van der Waals surface area contributed by atoms with Crippen molar-refractivity contribution in [3.8, 4) is 0 Å². The molecule has 2 atom stereocenters. The second-order valence-corrected chi connectivity index (χ2v) is 5.32. The molecule has 0 fully saturated rings. The molecule has 0 bridgehead atoms. The van der Waals surface area contributed by atoms with E-state index in [9.17, 15) is 19.8 Å². The third-order valence-corrected chi connectivity index (χ3v) is 4.08. The van der Waals surface area contributed by atoms with Gasteiger partial charge in [-0.2, -0.15) is 0 Å². The van der Waals surface area contributed by atoms with Gasteiger partial charge in [0, 0.05) is 5.08 Å². The van der Waals surface area contributed by atoms with Crippen LogP contribution in [-0.4, -0.2) is 40.6 Å². The van der Waals surface area contributed by atoms with Crippen LogP contribution < -0.4 is 21.7 Å². The first-order chi connectivity index (χ1) is 6.95. The molecule has 0 radical (unpaired) electrons. The highest BCUT2D eigenvalue weighted by atomic mass is 32.2. The van der Waals surface area contributed by atoms with E-state index in [-0.39, 0.29) is 0 Å². The number of carbonyl (C=O) groups is 2. The SMILES string of the molecule is [NH3+][C@@H](CSCSC[C@H]([NH3+])C(=O)[O-])C(=O)[O-]. The van der Waals surface area contributed by atoms with Gasteiger partial charge in [-0.15, -0.1) is 23.5 Å². The van der Waals surface area contributed by atoms with Gasteiger partial charge in [0.1, 0.15) is 12.1 Å². The average Bonchev–Trinajstić information content (AvgIpc) is 2.16. The maximum absolute atomic E-state index is 10.3. The molecule has 0 aliphatic rings. The Hall–Kier alpha value is -0.440. The molecule has 88 valence electrons. The molecule has 0 aliphatic heterocycles. The number of carbonyl (C=O) groups excluding carboxylic acids is 2. The van der Waals surface area contributed by atoms with Crippen molar-refractivity contribution in [2.24, 2.45) is 0 Å². The minimum absolute atomic E-state index is 0.364. The van der Waals surface area contributed by atoms with Gasteiger partial charge >= 0.3 is 0 Å². The van der Waals surface area contributed by atoms with Crippen molar-refractivity contribution < 1.29 is 31.3 Å². The van der Waals surface area contributed by atoms with E-state index >= 15 is 0 Å². The Labute approximate surface area is 95.8 Å². The maximum atomic E-state index is 10.3. The molecule has 0 saturated heterocycles. The molecule has 8 heteroatoms. The van der Waals surface area contributed by atoms with Crippen LogP contribution in [-0.2, 0) is 9.59 Å². The molecular weight excluding hydrogens is 240 g/mol. The van der Waals surface area contributed by atoms with Gasteiger partial charge in [-0.25, -0.2) is 0 Å². The lowest BCUT2D eigenvalue weighted by atomic mass is 10.4. The summed E-state index contributed by atoms with van der Waals surface area (Å²) in [6.07, 6.45) is 0. The zero-order chi connectivity index (χ0) is 11.8. The Morgan fingerprint density at radius 2 is 1.33 bits per heavy atom. The Morgan fingerprint density at radius 3 is 1.60 bits per heavy atom. The van der Waals surface area contributed by atoms with E-state index in [0.717, 1.165) is 0 Å². The first-order valence-electron chi connectivity index (χ1n) is 4.18. The minimum Gasteiger partial charge on any atom is -0.544 e. The van der Waals surface area contributed by atoms with Crippen molar-refractivity contribution in [2.45, 2.75) is 12.1 Å². The van der Waals surface area contributed by atoms with E-state index in [0.29, 0.717) is 16.6 Å². The second-order valence-electron chi connectivity index (χ2n) is 2.89. The Bertz CT molecular complexity index is 205. The zero-order valence-electron chi connectivity index (χ0n) is 8.14. The van der Waals surface area contributed by atoms with Crippen LogP contribution in [0.4, 0.5) is 0 Å². The number of hydrogen-bond donors (Lipinski definition) is 2. The number of aliphatic carboxylic acids is 2. The van der Waals surface area contributed by atoms with Crippen LogP contribution in [0, 0.1) is 0 Å². The highest BCUT2D eigenvalue weighted by Gasteiger charge is 2.09. The van der Waals surface area contributed by atoms with Crippen LogP contribution in [0.25, 0.3) is 0 Å². The van der Waals surface area contributed by atoms with Gasteiger partial charge in [-0.05, 0) is 0 Å². The summed E-state index contributed by atoms with van der Waals surface area (Å²) in [5.41, 5.74) is 6.78. The van der Waals surface area contributed by atoms with Gasteiger partial charge in [-0.3, -0.25) is 0 Å². The molecule has 6 N–H and O–H groups in total. The molecule has 0 aromatic carbocycles. The summed E-state index contributed by atoms with van der Waals surface area (Å²) in [5.74, 6) is -1.61. The van der Waals surface area contributed by atoms with Crippen molar-refractivity contribution in [1.29, 1.82) is 0 Å². The molecule has 0 spiro atoms. The predicted molar refractivity (Wildman–Crippen MR) is 53.1 cm³/mol. The van der Waals surface area contributed by atoms with Gasteiger partial charge < -0.3 is 31.3 Å². The van der Waals surface area contributed by atoms with Gasteiger partial charge in [-0.1, -0.05) is 0 Å². The van der Waals surface area contributed by atoms with Crippen LogP contribution in [0.5, 0.6) is 0 Å². The van der Waals surface area contributed by atoms with E-state index in [2.05, 4.69) is 11.5 Å². The Kier molecular flexibility index (Phi) is 7.57. The maximum Gasteiger partial charge on any atom is 0.134 e. The van der Waals surface area contributed by atoms with Gasteiger partial charge in [0.25, 0.3) is 0 Å². The van der Waals surface area contributed by atoms with Crippen molar-refractivity contribution in [3.63, 3.8) is 0 Å². The topological polar surface area (TPSA) is 136 Å². The summed E-state index contributed by atoms with van der Waals surface area (Å²) in [6, 6.07) is -1.46. The van der Waals surface area contributed by atoms with Crippen molar-refractivity contribution in [3.05, 3.63) is 0 Å². The summed E-state index contributed by atoms with van der Waals surface area (Å²) in [5, 5.41) is 21.2. The lowest BCUT2D eigenvalue weighted by Crippen LogP contribution is -2.69. The van der Waals surface area contributed by atoms with Crippen LogP contribution in [0.15, 0.2) is 0 Å². The van der Waals surface area contributed by atoms with Crippen LogP contribution in [0.2, 0.25) is 0 Å². The van der Waals surface area contributed by atoms with Gasteiger partial charge in [0.15, 0.2) is 0 Å². The van der Waals surface area contributed by atoms with E-state index in [1.165, 1.54) is 23.5 Å². The molecule has 0 saturated carbocycles. The highest BCUT2D eigenvalue weighted by Crippen LogP contribution is 2.12. The number of hydrogen-bond acceptors (Lipinski definition) is 6. The Balaban J connectivity index is 3.40. The summed E-state index contributed by atoms with van der Waals surface area (Å²) in [4.78, 5) is 20.5. The molecule has 0 aromatic heterocycles. The molecular formula is C7H14N2O4S2. The molecule has 0 aromatic rings. The minimum atomic E-state index is -1.17. The molecule has 0 heterocycles. The first-order valence-corrected chi connectivity index (χ1v) is 6.49. The van der Waals surface area contributed by atoms with E-state index in [1.54, 1.807) is 0 Å². The molecule has 0 unspecified atom stereocenters. The first kappa shape index (κ1) is 14.6. The lowest BCUT2D eigenvalue weighted by molar-refractivity contribution is -0.431. The third-order valence-electron chi connectivity index (χ3n) is 1.47. The van der Waals surface area contributed by atoms with E-state index in [1.807, 2.05) is 0 Å². The van der Waals surface area contributed by atoms with Crippen LogP contribution >= 0.6 is 23.5 Å². The number of thioether (sulfide) groups is 2. The zero-order valence-corrected chi connectivity index (χ0v) is 9.77. The standard InChI is InChI=1S/C7H14N2O4S2/c8-4(6(10)11)1-14-3-15-2-5(9)7(12)13/h4-5H,1-3,8-9H2,(H,10,11)(H,12,13)/t4-,5-/m0/s1. The molecule has 0 aliphatic carbocycles. The lowest BCUT2D eigenvalue weighted by Gasteiger charge is -2.10. The molecule has 0 amide bonds. The fourth-order valence-corrected chi connectivity index (χ4v) is 2.66. The largest absolute Gasteiger partial charge is 0.544 e. The number of quaternary nitrogens is 2. The normalized spacial score (nSPS) is 14.5. The summed E-state index contributed by atoms with van der Waals surface area (Å²) in [6.45, 7) is 0. The van der Waals surface area contributed by atoms with Crippen molar-refractivity contribution in [1.82, 2.24) is 0 Å². The molecule has 0 rings (SSSR count). The van der Waals surface area contributed by atoms with Gasteiger partial charge in [0.05, 0.1) is 23.4 Å².